The van der Waals surface area contributed by atoms with Gasteiger partial charge in [0.05, 0.1) is 0 Å². The van der Waals surface area contributed by atoms with Crippen molar-refractivity contribution in [1.82, 2.24) is 10.6 Å². The minimum atomic E-state index is 0.651. The van der Waals surface area contributed by atoms with Crippen LogP contribution in [0.4, 0.5) is 0 Å². The first-order chi connectivity index (χ1) is 5.91. The molecule has 2 rings (SSSR count). The fourth-order valence-corrected chi connectivity index (χ4v) is 2.19. The largest absolute Gasteiger partial charge is 0.333 e. The molecule has 72 valence electrons. The van der Waals surface area contributed by atoms with Crippen molar-refractivity contribution in [3.63, 3.8) is 0 Å². The van der Waals surface area contributed by atoms with Gasteiger partial charge in [-0.1, -0.05) is 0 Å². The molecule has 0 aromatic carbocycles. The van der Waals surface area contributed by atoms with Crippen molar-refractivity contribution >= 4 is 0 Å². The van der Waals surface area contributed by atoms with E-state index in [4.69, 9.17) is 0 Å². The molecule has 1 spiro atoms. The topological polar surface area (TPSA) is 50.1 Å². The number of hydrogen-bond acceptors (Lipinski definition) is 3. The average molecular weight is 171 g/mol. The molecule has 3 nitrogen and oxygen atoms in total. The number of nitrogens with one attached hydrogen (secondary N) is 2. The first-order valence-electron chi connectivity index (χ1n) is 4.91. The van der Waals surface area contributed by atoms with Crippen molar-refractivity contribution in [2.45, 2.75) is 19.3 Å². The quantitative estimate of drug-likeness (QED) is 0.478. The highest BCUT2D eigenvalue weighted by Crippen LogP contribution is 2.31. The standard InChI is InChI=1S/C8H16N2.CH5N/c1-2-8(6-9-4-1)3-5-10-7-8;1-2/h9-10H,1-7H2;2H2,1H3. The minimum absolute atomic E-state index is 0.651. The second-order valence-corrected chi connectivity index (χ2v) is 3.71. The zero-order valence-electron chi connectivity index (χ0n) is 8.03. The molecule has 0 radical (unpaired) electrons. The van der Waals surface area contributed by atoms with Crippen LogP contribution in [-0.4, -0.2) is 33.2 Å². The lowest BCUT2D eigenvalue weighted by atomic mass is 9.80. The lowest BCUT2D eigenvalue weighted by molar-refractivity contribution is 0.236. The molecule has 1 unspecified atom stereocenters. The summed E-state index contributed by atoms with van der Waals surface area (Å²) in [5.41, 5.74) is 5.15. The van der Waals surface area contributed by atoms with Crippen LogP contribution in [0.2, 0.25) is 0 Å². The summed E-state index contributed by atoms with van der Waals surface area (Å²) in [4.78, 5) is 0. The second-order valence-electron chi connectivity index (χ2n) is 3.71. The number of rotatable bonds is 0. The summed E-state index contributed by atoms with van der Waals surface area (Å²) in [6, 6.07) is 0. The lowest BCUT2D eigenvalue weighted by Gasteiger charge is -2.32. The van der Waals surface area contributed by atoms with Crippen molar-refractivity contribution in [3.8, 4) is 0 Å². The third-order valence-corrected chi connectivity index (χ3v) is 2.89. The molecule has 3 heteroatoms. The number of hydrogen-bond donors (Lipinski definition) is 3. The van der Waals surface area contributed by atoms with E-state index in [1.807, 2.05) is 0 Å². The normalized spacial score (nSPS) is 34.5. The fourth-order valence-electron chi connectivity index (χ4n) is 2.19. The highest BCUT2D eigenvalue weighted by atomic mass is 15.0. The van der Waals surface area contributed by atoms with Gasteiger partial charge in [0.15, 0.2) is 0 Å². The molecule has 2 heterocycles. The van der Waals surface area contributed by atoms with E-state index in [9.17, 15) is 0 Å². The van der Waals surface area contributed by atoms with Gasteiger partial charge in [-0.15, -0.1) is 0 Å². The van der Waals surface area contributed by atoms with Crippen molar-refractivity contribution < 1.29 is 0 Å². The highest BCUT2D eigenvalue weighted by molar-refractivity contribution is 4.91. The molecule has 0 aliphatic carbocycles. The summed E-state index contributed by atoms with van der Waals surface area (Å²) in [5, 5.41) is 6.92. The van der Waals surface area contributed by atoms with E-state index in [2.05, 4.69) is 16.4 Å². The Labute approximate surface area is 75.1 Å². The van der Waals surface area contributed by atoms with Crippen LogP contribution in [0.15, 0.2) is 0 Å². The Bertz CT molecular complexity index is 111. The Kier molecular flexibility index (Phi) is 3.98. The predicted molar refractivity (Wildman–Crippen MR) is 52.1 cm³/mol. The van der Waals surface area contributed by atoms with Gasteiger partial charge >= 0.3 is 0 Å². The minimum Gasteiger partial charge on any atom is -0.333 e. The van der Waals surface area contributed by atoms with Crippen LogP contribution >= 0.6 is 0 Å². The van der Waals surface area contributed by atoms with Crippen molar-refractivity contribution in [1.29, 1.82) is 0 Å². The van der Waals surface area contributed by atoms with E-state index in [-0.39, 0.29) is 0 Å². The molecule has 1 atom stereocenters. The van der Waals surface area contributed by atoms with Crippen LogP contribution in [0.5, 0.6) is 0 Å². The lowest BCUT2D eigenvalue weighted by Crippen LogP contribution is -2.41. The monoisotopic (exact) mass is 171 g/mol. The molecule has 0 aromatic rings. The van der Waals surface area contributed by atoms with Gasteiger partial charge in [0.1, 0.15) is 0 Å². The molecule has 4 N–H and O–H groups in total. The summed E-state index contributed by atoms with van der Waals surface area (Å²) in [6.45, 7) is 4.98. The van der Waals surface area contributed by atoms with Gasteiger partial charge in [0.2, 0.25) is 0 Å². The summed E-state index contributed by atoms with van der Waals surface area (Å²) >= 11 is 0. The Morgan fingerprint density at radius 1 is 1.00 bits per heavy atom. The molecule has 0 saturated carbocycles. The Morgan fingerprint density at radius 3 is 2.08 bits per heavy atom. The number of nitrogens with two attached hydrogens (primary N) is 1. The molecule has 12 heavy (non-hydrogen) atoms. The summed E-state index contributed by atoms with van der Waals surface area (Å²) in [6.07, 6.45) is 4.20. The molecule has 0 amide bonds. The van der Waals surface area contributed by atoms with Crippen LogP contribution < -0.4 is 16.4 Å². The van der Waals surface area contributed by atoms with E-state index in [1.165, 1.54) is 52.5 Å². The van der Waals surface area contributed by atoms with Gasteiger partial charge in [0.25, 0.3) is 0 Å². The second kappa shape index (κ2) is 4.80. The van der Waals surface area contributed by atoms with Crippen LogP contribution in [0.25, 0.3) is 0 Å². The van der Waals surface area contributed by atoms with Gasteiger partial charge in [0, 0.05) is 13.1 Å². The molecule has 2 aliphatic heterocycles. The maximum absolute atomic E-state index is 4.50. The van der Waals surface area contributed by atoms with Crippen molar-refractivity contribution in [3.05, 3.63) is 0 Å². The van der Waals surface area contributed by atoms with Crippen LogP contribution in [0, 0.1) is 5.41 Å². The Hall–Kier alpha value is -0.120. The maximum atomic E-state index is 4.50. The molecule has 2 fully saturated rings. The van der Waals surface area contributed by atoms with Crippen molar-refractivity contribution in [2.24, 2.45) is 11.1 Å². The molecule has 2 aliphatic rings. The van der Waals surface area contributed by atoms with E-state index in [0.717, 1.165) is 0 Å². The average Bonchev–Trinajstić information content (AvgIpc) is 2.58. The third-order valence-electron chi connectivity index (χ3n) is 2.89. The first kappa shape index (κ1) is 9.96. The summed E-state index contributed by atoms with van der Waals surface area (Å²) in [5.74, 6) is 0. The zero-order chi connectivity index (χ0) is 8.86. The van der Waals surface area contributed by atoms with Gasteiger partial charge in [-0.3, -0.25) is 0 Å². The molecular formula is C9H21N3. The predicted octanol–water partition coefficient (Wildman–Crippen LogP) is -0.0756. The van der Waals surface area contributed by atoms with E-state index >= 15 is 0 Å². The molecule has 0 bridgehead atoms. The zero-order valence-corrected chi connectivity index (χ0v) is 8.03. The van der Waals surface area contributed by atoms with E-state index in [1.54, 1.807) is 0 Å². The third kappa shape index (κ3) is 2.19. The molecular weight excluding hydrogens is 150 g/mol. The summed E-state index contributed by atoms with van der Waals surface area (Å²) in [7, 11) is 1.50. The van der Waals surface area contributed by atoms with Crippen LogP contribution in [-0.2, 0) is 0 Å². The SMILES string of the molecule is C1CNCC2(C1)CCNC2.CN. The smallest absolute Gasteiger partial charge is 0.00205 e. The highest BCUT2D eigenvalue weighted by Gasteiger charge is 2.34. The van der Waals surface area contributed by atoms with Gasteiger partial charge in [-0.25, -0.2) is 0 Å². The van der Waals surface area contributed by atoms with Gasteiger partial charge in [-0.2, -0.15) is 0 Å². The van der Waals surface area contributed by atoms with E-state index < -0.39 is 0 Å². The van der Waals surface area contributed by atoms with Crippen molar-refractivity contribution in [2.75, 3.05) is 33.2 Å². The molecule has 2 saturated heterocycles. The number of piperidine rings is 1. The van der Waals surface area contributed by atoms with Gasteiger partial charge < -0.3 is 16.4 Å². The summed E-state index contributed by atoms with van der Waals surface area (Å²) < 4.78 is 0. The first-order valence-corrected chi connectivity index (χ1v) is 4.91. The Balaban J connectivity index is 0.000000336. The maximum Gasteiger partial charge on any atom is 0.00205 e. The van der Waals surface area contributed by atoms with Crippen LogP contribution in [0.1, 0.15) is 19.3 Å². The molecule has 0 aromatic heterocycles. The Morgan fingerprint density at radius 2 is 1.67 bits per heavy atom. The van der Waals surface area contributed by atoms with Crippen LogP contribution in [0.3, 0.4) is 0 Å². The van der Waals surface area contributed by atoms with E-state index in [0.29, 0.717) is 5.41 Å². The fraction of sp³-hybridized carbons (Fsp3) is 1.00. The van der Waals surface area contributed by atoms with Gasteiger partial charge in [-0.05, 0) is 44.8 Å².